The number of hydrogen-bond acceptors (Lipinski definition) is 3. The SMILES string of the molecule is CN=C(NC1CC1c1ccccc1F)N1CCN(Cc2cccs2)CC1. The van der Waals surface area contributed by atoms with Gasteiger partial charge in [-0.15, -0.1) is 11.3 Å². The molecule has 1 saturated carbocycles. The molecule has 2 atom stereocenters. The number of piperazine rings is 1. The van der Waals surface area contributed by atoms with Crippen LogP contribution in [0.3, 0.4) is 0 Å². The highest BCUT2D eigenvalue weighted by Gasteiger charge is 2.41. The number of benzene rings is 1. The summed E-state index contributed by atoms with van der Waals surface area (Å²) in [7, 11) is 1.83. The van der Waals surface area contributed by atoms with Crippen molar-refractivity contribution in [3.05, 3.63) is 58.0 Å². The molecule has 1 aliphatic carbocycles. The molecule has 1 aromatic heterocycles. The number of halogens is 1. The highest BCUT2D eigenvalue weighted by Crippen LogP contribution is 2.41. The average Bonchev–Trinajstić information content (AvgIpc) is 3.23. The maximum atomic E-state index is 14.0. The van der Waals surface area contributed by atoms with Crippen LogP contribution in [0.15, 0.2) is 46.8 Å². The van der Waals surface area contributed by atoms with Gasteiger partial charge < -0.3 is 10.2 Å². The van der Waals surface area contributed by atoms with E-state index in [1.165, 1.54) is 4.88 Å². The molecule has 26 heavy (non-hydrogen) atoms. The molecule has 138 valence electrons. The molecule has 1 aliphatic heterocycles. The van der Waals surface area contributed by atoms with Crippen molar-refractivity contribution < 1.29 is 4.39 Å². The van der Waals surface area contributed by atoms with Crippen molar-refractivity contribution in [2.75, 3.05) is 33.2 Å². The van der Waals surface area contributed by atoms with Gasteiger partial charge in [0.05, 0.1) is 0 Å². The molecule has 2 aliphatic rings. The molecule has 4 rings (SSSR count). The lowest BCUT2D eigenvalue weighted by atomic mass is 10.1. The molecule has 1 aromatic carbocycles. The van der Waals surface area contributed by atoms with E-state index in [1.807, 2.05) is 30.5 Å². The standard InChI is InChI=1S/C20H25FN4S/c1-22-20(23-19-13-17(19)16-6-2-3-7-18(16)21)25-10-8-24(9-11-25)14-15-5-4-12-26-15/h2-7,12,17,19H,8-11,13-14H2,1H3,(H,22,23). The van der Waals surface area contributed by atoms with E-state index in [-0.39, 0.29) is 17.8 Å². The van der Waals surface area contributed by atoms with E-state index in [0.29, 0.717) is 0 Å². The monoisotopic (exact) mass is 372 g/mol. The van der Waals surface area contributed by atoms with E-state index in [4.69, 9.17) is 0 Å². The summed E-state index contributed by atoms with van der Waals surface area (Å²) in [5.41, 5.74) is 0.821. The summed E-state index contributed by atoms with van der Waals surface area (Å²) in [6.45, 7) is 5.07. The van der Waals surface area contributed by atoms with Crippen molar-refractivity contribution in [3.63, 3.8) is 0 Å². The zero-order valence-corrected chi connectivity index (χ0v) is 15.9. The maximum absolute atomic E-state index is 14.0. The van der Waals surface area contributed by atoms with Crippen molar-refractivity contribution in [3.8, 4) is 0 Å². The minimum atomic E-state index is -0.0982. The molecule has 0 bridgehead atoms. The minimum Gasteiger partial charge on any atom is -0.353 e. The summed E-state index contributed by atoms with van der Waals surface area (Å²) in [5, 5.41) is 5.68. The second kappa shape index (κ2) is 7.76. The fraction of sp³-hybridized carbons (Fsp3) is 0.450. The Bertz CT molecular complexity index is 753. The predicted octanol–water partition coefficient (Wildman–Crippen LogP) is 3.14. The van der Waals surface area contributed by atoms with Crippen molar-refractivity contribution in [2.45, 2.75) is 24.9 Å². The van der Waals surface area contributed by atoms with E-state index in [9.17, 15) is 4.39 Å². The fourth-order valence-corrected chi connectivity index (χ4v) is 4.42. The smallest absolute Gasteiger partial charge is 0.193 e. The molecule has 6 heteroatoms. The third-order valence-electron chi connectivity index (χ3n) is 5.25. The lowest BCUT2D eigenvalue weighted by Gasteiger charge is -2.36. The number of rotatable bonds is 4. The lowest BCUT2D eigenvalue weighted by molar-refractivity contribution is 0.173. The fourth-order valence-electron chi connectivity index (χ4n) is 3.68. The summed E-state index contributed by atoms with van der Waals surface area (Å²) in [5.74, 6) is 1.11. The third-order valence-corrected chi connectivity index (χ3v) is 6.11. The lowest BCUT2D eigenvalue weighted by Crippen LogP contribution is -2.52. The maximum Gasteiger partial charge on any atom is 0.193 e. The van der Waals surface area contributed by atoms with E-state index in [2.05, 4.69) is 37.6 Å². The zero-order valence-electron chi connectivity index (χ0n) is 15.1. The highest BCUT2D eigenvalue weighted by atomic mass is 32.1. The zero-order chi connectivity index (χ0) is 17.9. The molecule has 1 N–H and O–H groups in total. The van der Waals surface area contributed by atoms with Gasteiger partial charge >= 0.3 is 0 Å². The van der Waals surface area contributed by atoms with Crippen LogP contribution in [0.1, 0.15) is 22.8 Å². The van der Waals surface area contributed by atoms with E-state index >= 15 is 0 Å². The summed E-state index contributed by atoms with van der Waals surface area (Å²) in [6, 6.07) is 11.7. The minimum absolute atomic E-state index is 0.0982. The Morgan fingerprint density at radius 1 is 1.19 bits per heavy atom. The Kier molecular flexibility index (Phi) is 5.22. The number of nitrogens with zero attached hydrogens (tertiary/aromatic N) is 3. The van der Waals surface area contributed by atoms with Crippen molar-refractivity contribution in [2.24, 2.45) is 4.99 Å². The Morgan fingerprint density at radius 2 is 2.00 bits per heavy atom. The van der Waals surface area contributed by atoms with Crippen LogP contribution in [0.25, 0.3) is 0 Å². The van der Waals surface area contributed by atoms with Gasteiger partial charge in [0.2, 0.25) is 0 Å². The van der Waals surface area contributed by atoms with E-state index in [0.717, 1.165) is 50.7 Å². The molecule has 2 unspecified atom stereocenters. The van der Waals surface area contributed by atoms with Crippen molar-refractivity contribution in [1.29, 1.82) is 0 Å². The van der Waals surface area contributed by atoms with Crippen LogP contribution in [0.5, 0.6) is 0 Å². The Balaban J connectivity index is 1.29. The van der Waals surface area contributed by atoms with E-state index < -0.39 is 0 Å². The van der Waals surface area contributed by atoms with Crippen LogP contribution in [0.4, 0.5) is 4.39 Å². The Hall–Kier alpha value is -1.92. The quantitative estimate of drug-likeness (QED) is 0.661. The first-order valence-electron chi connectivity index (χ1n) is 9.22. The molecular weight excluding hydrogens is 347 g/mol. The molecule has 0 radical (unpaired) electrons. The van der Waals surface area contributed by atoms with Gasteiger partial charge in [-0.3, -0.25) is 9.89 Å². The first-order chi connectivity index (χ1) is 12.7. The summed E-state index contributed by atoms with van der Waals surface area (Å²) < 4.78 is 14.0. The highest BCUT2D eigenvalue weighted by molar-refractivity contribution is 7.09. The van der Waals surface area contributed by atoms with Crippen molar-refractivity contribution in [1.82, 2.24) is 15.1 Å². The Morgan fingerprint density at radius 3 is 2.69 bits per heavy atom. The van der Waals surface area contributed by atoms with Gasteiger partial charge in [0.1, 0.15) is 5.82 Å². The van der Waals surface area contributed by atoms with Crippen molar-refractivity contribution >= 4 is 17.3 Å². The van der Waals surface area contributed by atoms with Gasteiger partial charge in [-0.25, -0.2) is 4.39 Å². The predicted molar refractivity (Wildman–Crippen MR) is 105 cm³/mol. The van der Waals surface area contributed by atoms with Gasteiger partial charge in [0.25, 0.3) is 0 Å². The topological polar surface area (TPSA) is 30.9 Å². The molecule has 1 saturated heterocycles. The molecule has 4 nitrogen and oxygen atoms in total. The molecule has 2 heterocycles. The third kappa shape index (κ3) is 3.91. The first kappa shape index (κ1) is 17.5. The van der Waals surface area contributed by atoms with Gasteiger partial charge in [0, 0.05) is 56.6 Å². The molecule has 2 aromatic rings. The average molecular weight is 373 g/mol. The summed E-state index contributed by atoms with van der Waals surface area (Å²) >= 11 is 1.82. The second-order valence-corrected chi connectivity index (χ2v) is 8.04. The van der Waals surface area contributed by atoms with Gasteiger partial charge in [-0.1, -0.05) is 24.3 Å². The number of thiophene rings is 1. The van der Waals surface area contributed by atoms with Crippen LogP contribution >= 0.6 is 11.3 Å². The van der Waals surface area contributed by atoms with Crippen LogP contribution in [-0.4, -0.2) is 55.0 Å². The van der Waals surface area contributed by atoms with E-state index in [1.54, 1.807) is 12.1 Å². The van der Waals surface area contributed by atoms with Crippen LogP contribution in [0, 0.1) is 5.82 Å². The van der Waals surface area contributed by atoms with Gasteiger partial charge in [-0.2, -0.15) is 0 Å². The summed E-state index contributed by atoms with van der Waals surface area (Å²) in [6.07, 6.45) is 0.971. The van der Waals surface area contributed by atoms with Gasteiger partial charge in [0.15, 0.2) is 5.96 Å². The second-order valence-electron chi connectivity index (χ2n) is 7.00. The number of hydrogen-bond donors (Lipinski definition) is 1. The Labute approximate surface area is 158 Å². The summed E-state index contributed by atoms with van der Waals surface area (Å²) in [4.78, 5) is 10.7. The van der Waals surface area contributed by atoms with Crippen LogP contribution in [-0.2, 0) is 6.54 Å². The number of nitrogens with one attached hydrogen (secondary N) is 1. The number of aliphatic imine (C=N–C) groups is 1. The molecule has 0 amide bonds. The molecule has 2 fully saturated rings. The normalized spacial score (nSPS) is 23.9. The molecule has 0 spiro atoms. The largest absolute Gasteiger partial charge is 0.353 e. The first-order valence-corrected chi connectivity index (χ1v) is 10.1. The van der Waals surface area contributed by atoms with Gasteiger partial charge in [-0.05, 0) is 29.5 Å². The van der Waals surface area contributed by atoms with Crippen LogP contribution in [0.2, 0.25) is 0 Å². The van der Waals surface area contributed by atoms with Crippen LogP contribution < -0.4 is 5.32 Å². The molecular formula is C20H25FN4S. The number of guanidine groups is 1.